The molecule has 6 nitrogen and oxygen atoms in total. The second kappa shape index (κ2) is 6.83. The molecular weight excluding hydrogens is 278 g/mol. The predicted octanol–water partition coefficient (Wildman–Crippen LogP) is 0.969. The van der Waals surface area contributed by atoms with E-state index in [-0.39, 0.29) is 10.8 Å². The zero-order valence-electron chi connectivity index (χ0n) is 11.9. The molecule has 0 radical (unpaired) electrons. The molecule has 1 aromatic rings. The van der Waals surface area contributed by atoms with E-state index < -0.39 is 16.1 Å². The van der Waals surface area contributed by atoms with Crippen LogP contribution in [0, 0.1) is 6.92 Å². The van der Waals surface area contributed by atoms with Crippen LogP contribution in [0.3, 0.4) is 0 Å². The van der Waals surface area contributed by atoms with E-state index >= 15 is 0 Å². The van der Waals surface area contributed by atoms with Crippen LogP contribution in [0.1, 0.15) is 25.3 Å². The zero-order valence-corrected chi connectivity index (χ0v) is 12.8. The van der Waals surface area contributed by atoms with Crippen molar-refractivity contribution in [3.8, 4) is 0 Å². The van der Waals surface area contributed by atoms with E-state index in [9.17, 15) is 13.2 Å². The third-order valence-corrected chi connectivity index (χ3v) is 4.51. The minimum atomic E-state index is -3.55. The molecule has 0 unspecified atom stereocenters. The normalized spacial score (nSPS) is 13.0. The Balaban J connectivity index is 3.00. The van der Waals surface area contributed by atoms with Gasteiger partial charge in [0.1, 0.15) is 0 Å². The first-order chi connectivity index (χ1) is 9.31. The third kappa shape index (κ3) is 4.03. The van der Waals surface area contributed by atoms with Crippen molar-refractivity contribution >= 4 is 21.6 Å². The minimum absolute atomic E-state index is 0.141. The number of nitrogens with two attached hydrogens (primary N) is 1. The maximum atomic E-state index is 11.8. The molecule has 0 spiro atoms. The molecule has 0 bridgehead atoms. The van der Waals surface area contributed by atoms with Crippen LogP contribution in [0.2, 0.25) is 0 Å². The van der Waals surface area contributed by atoms with E-state index in [2.05, 4.69) is 10.0 Å². The Labute approximate surface area is 119 Å². The van der Waals surface area contributed by atoms with Crippen LogP contribution in [-0.4, -0.2) is 27.4 Å². The number of hydrogen-bond donors (Lipinski definition) is 3. The van der Waals surface area contributed by atoms with E-state index in [0.717, 1.165) is 6.42 Å². The number of rotatable bonds is 6. The number of sulfonamides is 1. The molecule has 0 aliphatic heterocycles. The molecular formula is C13H21N3O3S. The highest BCUT2D eigenvalue weighted by molar-refractivity contribution is 7.89. The molecule has 4 N–H and O–H groups in total. The summed E-state index contributed by atoms with van der Waals surface area (Å²) in [5.74, 6) is -0.316. The molecule has 7 heteroatoms. The highest BCUT2D eigenvalue weighted by Gasteiger charge is 2.17. The predicted molar refractivity (Wildman–Crippen MR) is 78.9 cm³/mol. The molecule has 0 saturated heterocycles. The first kappa shape index (κ1) is 16.6. The van der Waals surface area contributed by atoms with Crippen molar-refractivity contribution in [2.24, 2.45) is 5.73 Å². The Kier molecular flexibility index (Phi) is 5.67. The molecule has 1 amide bonds. The van der Waals surface area contributed by atoms with Crippen LogP contribution in [0.4, 0.5) is 5.69 Å². The van der Waals surface area contributed by atoms with E-state index in [0.29, 0.717) is 17.7 Å². The fourth-order valence-corrected chi connectivity index (χ4v) is 2.75. The molecule has 1 atom stereocenters. The lowest BCUT2D eigenvalue weighted by molar-refractivity contribution is -0.117. The lowest BCUT2D eigenvalue weighted by atomic mass is 10.1. The van der Waals surface area contributed by atoms with Crippen molar-refractivity contribution in [2.75, 3.05) is 12.4 Å². The summed E-state index contributed by atoms with van der Waals surface area (Å²) in [6.45, 7) is 3.63. The number of anilines is 1. The summed E-state index contributed by atoms with van der Waals surface area (Å²) in [5, 5.41) is 2.63. The quantitative estimate of drug-likeness (QED) is 0.728. The van der Waals surface area contributed by atoms with Crippen LogP contribution < -0.4 is 15.8 Å². The summed E-state index contributed by atoms with van der Waals surface area (Å²) in [6.07, 6.45) is 1.39. The van der Waals surface area contributed by atoms with Crippen LogP contribution >= 0.6 is 0 Å². The molecule has 0 fully saturated rings. The lowest BCUT2D eigenvalue weighted by Gasteiger charge is -2.13. The van der Waals surface area contributed by atoms with Crippen molar-refractivity contribution in [3.63, 3.8) is 0 Å². The monoisotopic (exact) mass is 299 g/mol. The first-order valence-electron chi connectivity index (χ1n) is 6.42. The van der Waals surface area contributed by atoms with Crippen LogP contribution in [0.5, 0.6) is 0 Å². The van der Waals surface area contributed by atoms with Crippen molar-refractivity contribution in [3.05, 3.63) is 23.8 Å². The van der Waals surface area contributed by atoms with Gasteiger partial charge in [0.15, 0.2) is 0 Å². The number of hydrogen-bond acceptors (Lipinski definition) is 4. The van der Waals surface area contributed by atoms with Gasteiger partial charge >= 0.3 is 0 Å². The third-order valence-electron chi connectivity index (χ3n) is 2.95. The molecule has 0 aliphatic rings. The molecule has 0 aromatic heterocycles. The average Bonchev–Trinajstić information content (AvgIpc) is 2.41. The Morgan fingerprint density at radius 1 is 1.40 bits per heavy atom. The highest BCUT2D eigenvalue weighted by atomic mass is 32.2. The average molecular weight is 299 g/mol. The van der Waals surface area contributed by atoms with Crippen molar-refractivity contribution in [1.29, 1.82) is 0 Å². The fraction of sp³-hybridized carbons (Fsp3) is 0.462. The van der Waals surface area contributed by atoms with Gasteiger partial charge in [0.2, 0.25) is 15.9 Å². The summed E-state index contributed by atoms with van der Waals surface area (Å²) in [6, 6.07) is 4.13. The number of benzene rings is 1. The largest absolute Gasteiger partial charge is 0.325 e. The highest BCUT2D eigenvalue weighted by Crippen LogP contribution is 2.20. The summed E-state index contributed by atoms with van der Waals surface area (Å²) in [4.78, 5) is 12.0. The molecule has 0 heterocycles. The van der Waals surface area contributed by atoms with Gasteiger partial charge in [-0.2, -0.15) is 0 Å². The van der Waals surface area contributed by atoms with E-state index in [1.165, 1.54) is 13.1 Å². The Bertz CT molecular complexity index is 585. The minimum Gasteiger partial charge on any atom is -0.325 e. The van der Waals surface area contributed by atoms with Gasteiger partial charge in [0.25, 0.3) is 0 Å². The second-order valence-corrected chi connectivity index (χ2v) is 6.43. The number of amides is 1. The van der Waals surface area contributed by atoms with E-state index in [4.69, 9.17) is 5.73 Å². The summed E-state index contributed by atoms with van der Waals surface area (Å²) < 4.78 is 26.0. The van der Waals surface area contributed by atoms with Crippen LogP contribution in [-0.2, 0) is 14.8 Å². The number of nitrogens with one attached hydrogen (secondary N) is 2. The Morgan fingerprint density at radius 2 is 2.05 bits per heavy atom. The van der Waals surface area contributed by atoms with Crippen molar-refractivity contribution < 1.29 is 13.2 Å². The molecule has 0 saturated carbocycles. The first-order valence-corrected chi connectivity index (χ1v) is 7.90. The second-order valence-electron chi connectivity index (χ2n) is 4.57. The van der Waals surface area contributed by atoms with Gasteiger partial charge < -0.3 is 11.1 Å². The van der Waals surface area contributed by atoms with Gasteiger partial charge in [-0.3, -0.25) is 4.79 Å². The topological polar surface area (TPSA) is 101 Å². The zero-order chi connectivity index (χ0) is 15.3. The van der Waals surface area contributed by atoms with Gasteiger partial charge in [-0.05, 0) is 38.1 Å². The maximum Gasteiger partial charge on any atom is 0.241 e. The Morgan fingerprint density at radius 3 is 2.60 bits per heavy atom. The van der Waals surface area contributed by atoms with Gasteiger partial charge in [-0.25, -0.2) is 13.1 Å². The summed E-state index contributed by atoms with van der Waals surface area (Å²) in [5.41, 5.74) is 6.74. The van der Waals surface area contributed by atoms with Crippen LogP contribution in [0.25, 0.3) is 0 Å². The van der Waals surface area contributed by atoms with E-state index in [1.807, 2.05) is 6.92 Å². The number of aryl methyl sites for hydroxylation is 1. The van der Waals surface area contributed by atoms with Crippen molar-refractivity contribution in [1.82, 2.24) is 4.72 Å². The smallest absolute Gasteiger partial charge is 0.241 e. The molecule has 1 aromatic carbocycles. The fourth-order valence-electron chi connectivity index (χ4n) is 1.75. The maximum absolute atomic E-state index is 11.8. The summed E-state index contributed by atoms with van der Waals surface area (Å²) in [7, 11) is -2.21. The SMILES string of the molecule is CCC[C@@H](N)C(=O)Nc1ccc(C)c(S(=O)(=O)NC)c1. The van der Waals surface area contributed by atoms with Gasteiger partial charge in [0.05, 0.1) is 10.9 Å². The molecule has 1 rings (SSSR count). The summed E-state index contributed by atoms with van der Waals surface area (Å²) >= 11 is 0. The molecule has 20 heavy (non-hydrogen) atoms. The van der Waals surface area contributed by atoms with Gasteiger partial charge in [-0.1, -0.05) is 19.4 Å². The van der Waals surface area contributed by atoms with Gasteiger partial charge in [0, 0.05) is 5.69 Å². The molecule has 112 valence electrons. The lowest BCUT2D eigenvalue weighted by Crippen LogP contribution is -2.35. The van der Waals surface area contributed by atoms with Crippen molar-refractivity contribution in [2.45, 2.75) is 37.6 Å². The standard InChI is InChI=1S/C13H21N3O3S/c1-4-5-11(14)13(17)16-10-7-6-9(2)12(8-10)20(18,19)15-3/h6-8,11,15H,4-5,14H2,1-3H3,(H,16,17)/t11-/m1/s1. The van der Waals surface area contributed by atoms with Crippen LogP contribution in [0.15, 0.2) is 23.1 Å². The number of carbonyl (C=O) groups excluding carboxylic acids is 1. The number of carbonyl (C=O) groups is 1. The Hall–Kier alpha value is -1.44. The molecule has 0 aliphatic carbocycles. The van der Waals surface area contributed by atoms with E-state index in [1.54, 1.807) is 19.1 Å². The van der Waals surface area contributed by atoms with Gasteiger partial charge in [-0.15, -0.1) is 0 Å².